The second-order valence-electron chi connectivity index (χ2n) is 35.0. The molecule has 0 saturated carbocycles. The third-order valence-electron chi connectivity index (χ3n) is 17.6. The second-order valence-corrected chi connectivity index (χ2v) is 50.5. The monoisotopic (exact) mass is 2170 g/mol. The number of epoxide rings is 1. The van der Waals surface area contributed by atoms with Gasteiger partial charge in [-0.2, -0.15) is 66.9 Å². The van der Waals surface area contributed by atoms with Crippen molar-refractivity contribution in [3.63, 3.8) is 0 Å². The Bertz CT molecular complexity index is 5650. The number of nitrogens with one attached hydrogen (secondary N) is 2. The molecule has 27 nitrogen and oxygen atoms in total. The Morgan fingerprint density at radius 3 is 1.21 bits per heavy atom. The molecule has 6 N–H and O–H groups in total. The summed E-state index contributed by atoms with van der Waals surface area (Å²) < 4.78 is 289. The molecule has 3 aliphatic rings. The van der Waals surface area contributed by atoms with Crippen molar-refractivity contribution in [1.29, 1.82) is 31.6 Å². The number of benzene rings is 6. The van der Waals surface area contributed by atoms with Crippen molar-refractivity contribution in [3.05, 3.63) is 236 Å². The summed E-state index contributed by atoms with van der Waals surface area (Å²) in [5.41, 5.74) is -2.20. The molecule has 10 atom stereocenters. The summed E-state index contributed by atoms with van der Waals surface area (Å²) in [6.45, 7) is 38.0. The van der Waals surface area contributed by atoms with Gasteiger partial charge in [-0.3, -0.25) is 13.7 Å². The fourth-order valence-corrected chi connectivity index (χ4v) is 16.0. The molecule has 746 valence electrons. The minimum absolute atomic E-state index is 0. The Balaban J connectivity index is 0. The maximum atomic E-state index is 13.8. The molecule has 6 unspecified atom stereocenters. The average Bonchev–Trinajstić information content (AvgIpc) is 1.63. The molecule has 0 bridgehead atoms. The van der Waals surface area contributed by atoms with E-state index < -0.39 is 176 Å². The number of sulfonamides is 3. The number of aliphatic hydroxyl groups excluding tert-OH is 1. The van der Waals surface area contributed by atoms with Crippen molar-refractivity contribution in [3.8, 4) is 36.4 Å². The first kappa shape index (κ1) is 128. The second kappa shape index (κ2) is 56.9. The first-order valence-electron chi connectivity index (χ1n) is 40.5. The van der Waals surface area contributed by atoms with Crippen molar-refractivity contribution in [2.45, 2.75) is 227 Å². The summed E-state index contributed by atoms with van der Waals surface area (Å²) in [4.78, 5) is 10.2. The van der Waals surface area contributed by atoms with Crippen LogP contribution in [-0.4, -0.2) is 163 Å². The molecule has 3 fully saturated rings. The molecule has 0 aromatic heterocycles. The van der Waals surface area contributed by atoms with Crippen molar-refractivity contribution < 1.29 is 136 Å². The third kappa shape index (κ3) is 45.0. The van der Waals surface area contributed by atoms with Gasteiger partial charge in [0.15, 0.2) is 0 Å². The number of carbonyl (C=O) groups excluding carboxylic acids is 1. The predicted octanol–water partition coefficient (Wildman–Crippen LogP) is 17.5. The largest absolute Gasteiger partial charge is 0.598 e. The van der Waals surface area contributed by atoms with E-state index in [4.69, 9.17) is 55.8 Å². The van der Waals surface area contributed by atoms with Gasteiger partial charge in [0.1, 0.15) is 73.0 Å². The molecule has 3 heterocycles. The zero-order valence-corrected chi connectivity index (χ0v) is 88.2. The van der Waals surface area contributed by atoms with E-state index in [9.17, 15) is 97.1 Å². The Morgan fingerprint density at radius 1 is 0.566 bits per heavy atom. The number of β-amino-alcohol motifs (C(OH)–C–C–N with tert-alkyl or cyclic N) is 1. The Kier molecular flexibility index (Phi) is 53.5. The van der Waals surface area contributed by atoms with Crippen molar-refractivity contribution in [2.24, 2.45) is 9.54 Å². The summed E-state index contributed by atoms with van der Waals surface area (Å²) >= 11 is -0.729. The number of allylic oxidation sites excluding steroid dienone is 1. The van der Waals surface area contributed by atoms with Crippen LogP contribution in [0.4, 0.5) is 48.3 Å². The number of hydrogen-bond donors (Lipinski definition) is 5. The van der Waals surface area contributed by atoms with Gasteiger partial charge in [0.25, 0.3) is 0 Å². The van der Waals surface area contributed by atoms with Crippen molar-refractivity contribution in [1.82, 2.24) is 18.1 Å². The average molecular weight is 2170 g/mol. The zero-order valence-electron chi connectivity index (χ0n) is 78.9. The number of aldehydes is 1. The first-order valence-corrected chi connectivity index (χ1v) is 50.2. The van der Waals surface area contributed by atoms with E-state index in [0.717, 1.165) is 52.1 Å². The van der Waals surface area contributed by atoms with Crippen LogP contribution in [0, 0.1) is 103 Å². The normalized spacial score (nSPS) is 17.3. The number of nitriles is 6. The first-order chi connectivity index (χ1) is 62.1. The number of alkyl halides is 6. The number of hydrogen-bond acceptors (Lipinski definition) is 23. The van der Waals surface area contributed by atoms with E-state index in [1.54, 1.807) is 86.6 Å². The molecule has 6 aromatic rings. The van der Waals surface area contributed by atoms with Crippen molar-refractivity contribution >= 4 is 103 Å². The summed E-state index contributed by atoms with van der Waals surface area (Å²) in [7, 11) is -17.9. The number of ether oxygens (including phenoxy) is 1. The fourth-order valence-electron chi connectivity index (χ4n) is 10.4. The summed E-state index contributed by atoms with van der Waals surface area (Å²) in [6, 6.07) is 31.4. The molecule has 9 rings (SSSR count). The SMILES string of the molecule is C=CCBr.C=CC[C@@H](N[S+]([O-])C(C)(C)C)c1cc(F)cc(C#N)c1.CC(C)(C)S(=O)(=O)N1C[C@@H](F)CC1c1cc(F)cc(C#N)c1.CC(C)(C)S(=O)(=O)N1C[C@H](O)CC1c1cc(F)cc(C#N)c1.CC(C)(C)S(=O)(=O)N[C@H](CC1CO1)c1cc(F)cc(C#N)c1.CC(C)(C)[S+](N)[O-].CC(C)(C)[S+]([O-])N=Cc1cc(F)cc(C#N)c1.N#Cc1cc(F)cc(C=O)c1.O=S(=O)(O)C(F)(F)F.[2H]CF.[Zn]. The summed E-state index contributed by atoms with van der Waals surface area (Å²) in [6.07, 6.45) is 4.19. The smallest absolute Gasteiger partial charge is 0.522 e. The Hall–Kier alpha value is -8.18. The molecular formula is C89H112BrF11N12O15S7Zn. The predicted molar refractivity (Wildman–Crippen MR) is 502 cm³/mol. The molecule has 0 amide bonds. The maximum absolute atomic E-state index is 13.8. The zero-order chi connectivity index (χ0) is 106. The quantitative estimate of drug-likeness (QED) is 0.00510. The molecule has 47 heteroatoms. The minimum Gasteiger partial charge on any atom is -0.598 e. The molecular weight excluding hydrogens is 2060 g/mol. The standard InChI is InChI=1S/C15H18F2N2O2S.2C15H19FN2O3S.C15H19FN2OS.C12H13FN2OS.C8H4FNO.C4H11NOS.C3H5Br.CHF3O3S.CH3F.Zn/c1-15(2,3)22(20,21)19-9-13(17)7-14(19)11-4-10(8-18)5-12(16)6-11;1-15(2,3)22(19,20)18-14(7-13-9-21-13)11-4-10(8-17)5-12(16)6-11;1-15(2,3)22(20,21)18-9-13(19)7-14(18)11-4-10(8-17)5-12(16)6-11;1-5-6-14(18-20(19)15(2,3)4)12-7-11(10-17)8-13(16)9-12;1-12(2,3)17(16)15-8-10-4-9(7-14)5-11(13)6-10;9-8-2-6(4-10)1-7(3-8)5-11;1-4(2,3)7(5)6;1-2-3-4;2-1(3,4)8(5,6)7;1-2;/h4-6,13-14H,7,9H2,1-3H3;4-6,13-14,18H,7,9H2,1-3H3;4-6,13-14,19H,7,9H2,1-3H3;5,7-9,14,18H,1,6H2,2-4H3;4-6,8H,1-3H3;1-3,5H;5H2,1-3H3;2H,1,3H2;(H,5,6,7);1H3;/t13-,14?;13?,14-;13-,14?;14-,20?;;;;;;;/m0111......./s1/i;;;;;;;;;1D;. The van der Waals surface area contributed by atoms with Gasteiger partial charge in [0.2, 0.25) is 30.1 Å². The summed E-state index contributed by atoms with van der Waals surface area (Å²) in [5.74, 6) is -3.34. The number of carbonyl (C=O) groups is 1. The van der Waals surface area contributed by atoms with Gasteiger partial charge in [-0.15, -0.1) is 17.9 Å². The van der Waals surface area contributed by atoms with Gasteiger partial charge < -0.3 is 23.5 Å². The van der Waals surface area contributed by atoms with Crippen LogP contribution in [0.2, 0.25) is 0 Å². The molecule has 136 heavy (non-hydrogen) atoms. The van der Waals surface area contributed by atoms with E-state index in [-0.39, 0.29) is 101 Å². The molecule has 6 aromatic carbocycles. The van der Waals surface area contributed by atoms with Gasteiger partial charge in [-0.05, 0) is 275 Å². The van der Waals surface area contributed by atoms with Crippen LogP contribution in [-0.2, 0) is 98.5 Å². The topological polar surface area (TPSA) is 487 Å². The molecule has 0 spiro atoms. The van der Waals surface area contributed by atoms with E-state index in [2.05, 4.69) is 42.9 Å². The molecule has 3 aliphatic heterocycles. The molecule has 0 radical (unpaired) electrons. The van der Waals surface area contributed by atoms with E-state index in [0.29, 0.717) is 53.6 Å². The van der Waals surface area contributed by atoms with Crippen LogP contribution < -0.4 is 14.6 Å². The van der Waals surface area contributed by atoms with Crippen LogP contribution in [0.15, 0.2) is 139 Å². The van der Waals surface area contributed by atoms with Gasteiger partial charge in [0, 0.05) is 84.2 Å². The van der Waals surface area contributed by atoms with Gasteiger partial charge >= 0.3 is 15.6 Å². The number of aliphatic hydroxyl groups is 1. The van der Waals surface area contributed by atoms with Crippen molar-refractivity contribution in [2.75, 3.05) is 32.2 Å². The summed E-state index contributed by atoms with van der Waals surface area (Å²) in [5, 5.41) is 68.5. The van der Waals surface area contributed by atoms with Crippen LogP contribution in [0.3, 0.4) is 0 Å². The van der Waals surface area contributed by atoms with E-state index in [1.807, 2.05) is 71.9 Å². The van der Waals surface area contributed by atoms with E-state index >= 15 is 0 Å². The van der Waals surface area contributed by atoms with Crippen LogP contribution in [0.25, 0.3) is 0 Å². The number of rotatable bonds is 18. The van der Waals surface area contributed by atoms with Crippen LogP contribution in [0.1, 0.15) is 247 Å². The van der Waals surface area contributed by atoms with E-state index in [1.165, 1.54) is 92.0 Å². The Labute approximate surface area is 823 Å². The number of nitrogens with zero attached hydrogens (tertiary/aromatic N) is 9. The van der Waals surface area contributed by atoms with Gasteiger partial charge in [-0.25, -0.2) is 60.7 Å². The maximum Gasteiger partial charge on any atom is 0.522 e. The van der Waals surface area contributed by atoms with Crippen LogP contribution in [0.5, 0.6) is 0 Å². The van der Waals surface area contributed by atoms with Crippen LogP contribution >= 0.6 is 15.9 Å². The third-order valence-corrected chi connectivity index (χ3v) is 30.2. The Morgan fingerprint density at radius 2 is 0.897 bits per heavy atom. The number of nitrogens with two attached hydrogens (primary N) is 1. The number of halogens is 12. The fraction of sp³-hybridized carbons (Fsp3) is 0.461. The molecule has 3 saturated heterocycles. The minimum atomic E-state index is -5.84. The van der Waals surface area contributed by atoms with Gasteiger partial charge in [-0.1, -0.05) is 32.5 Å². The molecule has 0 aliphatic carbocycles. The van der Waals surface area contributed by atoms with Gasteiger partial charge in [0.05, 0.1) is 136 Å².